The number of aromatic amines is 1. The molecule has 368 valence electrons. The largest absolute Gasteiger partial charge is 0.466 e. The molecule has 2 aliphatic heterocycles. The van der Waals surface area contributed by atoms with Crippen LogP contribution in [0.25, 0.3) is 0 Å². The van der Waals surface area contributed by atoms with Crippen molar-refractivity contribution in [2.75, 3.05) is 24.8 Å². The van der Waals surface area contributed by atoms with Gasteiger partial charge < -0.3 is 24.9 Å². The number of nitrogens with one attached hydrogen (secondary N) is 3. The molecule has 2 atom stereocenters. The molecular formula is C53H44N8O9S3. The van der Waals surface area contributed by atoms with Crippen LogP contribution in [0.1, 0.15) is 39.6 Å². The van der Waals surface area contributed by atoms with Crippen molar-refractivity contribution in [3.05, 3.63) is 234 Å². The molecule has 0 spiro atoms. The molecule has 3 N–H and O–H groups in total. The van der Waals surface area contributed by atoms with Crippen molar-refractivity contribution in [3.63, 3.8) is 0 Å². The van der Waals surface area contributed by atoms with E-state index < -0.39 is 52.0 Å². The molecule has 73 heavy (non-hydrogen) atoms. The van der Waals surface area contributed by atoms with Gasteiger partial charge in [0, 0.05) is 11.1 Å². The third kappa shape index (κ3) is 10.5. The predicted octanol–water partition coefficient (Wildman–Crippen LogP) is 6.61. The van der Waals surface area contributed by atoms with E-state index in [9.17, 15) is 28.8 Å². The molecule has 0 saturated carbocycles. The Labute approximate surface area is 430 Å². The summed E-state index contributed by atoms with van der Waals surface area (Å²) >= 11 is 3.52. The third-order valence-electron chi connectivity index (χ3n) is 11.8. The number of fused-ring (bicyclic) bond motifs is 1. The summed E-state index contributed by atoms with van der Waals surface area (Å²) in [5, 5.41) is 19.8. The minimum Gasteiger partial charge on any atom is -0.466 e. The fourth-order valence-corrected chi connectivity index (χ4v) is 11.3. The Balaban J connectivity index is 1.00. The fourth-order valence-electron chi connectivity index (χ4n) is 8.47. The molecule has 0 aliphatic carbocycles. The van der Waals surface area contributed by atoms with Crippen LogP contribution in [0.15, 0.2) is 200 Å². The molecule has 2 aliphatic rings. The van der Waals surface area contributed by atoms with E-state index in [0.29, 0.717) is 21.8 Å². The van der Waals surface area contributed by atoms with Gasteiger partial charge in [-0.3, -0.25) is 33.4 Å². The number of thiazole rings is 1. The van der Waals surface area contributed by atoms with Crippen LogP contribution in [0, 0.1) is 0 Å². The zero-order valence-corrected chi connectivity index (χ0v) is 41.2. The number of amides is 2. The standard InChI is InChI=1S/C53H44N8O9S3/c1-68-59-41(40-32-73-51(54-40)56-53(37-21-11-4-12-22-37,38-23-13-5-14-24-38)39-25-15-6-16-26-39)45(63)55-42-47(65)61-43(50(67)70-44(34-17-7-2-8-18-34)35-19-9-3-10-20-35)36(31-72-49(42)61)27-30-71-52-58-57-46(64)48(66)60(52)28-29-69-33-62/h2-27,30,32-33,42,44,49H,28-29,31H2,1H3,(H,54,56)(H,55,63)(H,57,64)/b30-27+,59-41+. The quantitative estimate of drug-likeness (QED) is 0.00844. The summed E-state index contributed by atoms with van der Waals surface area (Å²) in [4.78, 5) is 90.5. The molecule has 2 aromatic heterocycles. The van der Waals surface area contributed by atoms with Crippen LogP contribution in [0.4, 0.5) is 5.13 Å². The van der Waals surface area contributed by atoms with Crippen molar-refractivity contribution >= 4 is 70.0 Å². The van der Waals surface area contributed by atoms with Crippen molar-refractivity contribution in [3.8, 4) is 0 Å². The zero-order valence-electron chi connectivity index (χ0n) is 38.7. The van der Waals surface area contributed by atoms with Crippen molar-refractivity contribution in [1.29, 1.82) is 0 Å². The molecule has 20 heteroatoms. The summed E-state index contributed by atoms with van der Waals surface area (Å²) in [7, 11) is 1.31. The van der Waals surface area contributed by atoms with E-state index in [1.165, 1.54) is 35.1 Å². The summed E-state index contributed by atoms with van der Waals surface area (Å²) < 4.78 is 12.1. The lowest BCUT2D eigenvalue weighted by Gasteiger charge is -2.49. The first-order valence-electron chi connectivity index (χ1n) is 22.6. The number of carbonyl (C=O) groups is 4. The first kappa shape index (κ1) is 49.6. The van der Waals surface area contributed by atoms with Crippen molar-refractivity contribution < 1.29 is 33.5 Å². The fraction of sp³-hybridized carbons (Fsp3) is 0.151. The number of benzene rings is 5. The third-order valence-corrected chi connectivity index (χ3v) is 14.7. The Morgan fingerprint density at radius 2 is 1.44 bits per heavy atom. The van der Waals surface area contributed by atoms with E-state index in [1.807, 2.05) is 152 Å². The van der Waals surface area contributed by atoms with Gasteiger partial charge in [0.1, 0.15) is 42.1 Å². The maximum absolute atomic E-state index is 14.7. The zero-order chi connectivity index (χ0) is 50.7. The maximum atomic E-state index is 14.7. The molecule has 5 aromatic carbocycles. The lowest BCUT2D eigenvalue weighted by Crippen LogP contribution is -2.71. The van der Waals surface area contributed by atoms with Gasteiger partial charge in [-0.2, -0.15) is 0 Å². The van der Waals surface area contributed by atoms with E-state index in [-0.39, 0.29) is 47.6 Å². The molecule has 2 unspecified atom stereocenters. The SMILES string of the molecule is CO/N=C(/C(=O)NC1C(=O)N2C(C(=O)OC(c3ccccc3)c3ccccc3)=C(/C=C/Sc3n[nH]c(=O)c(=O)n3CCOC=O)CSC12)c1csc(NC(c2ccccc2)(c2ccccc2)c2ccccc2)n1. The second-order valence-corrected chi connectivity index (χ2v) is 19.0. The van der Waals surface area contributed by atoms with Crippen LogP contribution < -0.4 is 21.8 Å². The number of hydrogen-bond donors (Lipinski definition) is 3. The first-order chi connectivity index (χ1) is 35.7. The number of hydrogen-bond acceptors (Lipinski definition) is 16. The number of rotatable bonds is 20. The second kappa shape index (κ2) is 22.8. The van der Waals surface area contributed by atoms with Crippen molar-refractivity contribution in [1.82, 2.24) is 30.0 Å². The van der Waals surface area contributed by atoms with Gasteiger partial charge in [-0.1, -0.05) is 169 Å². The van der Waals surface area contributed by atoms with E-state index >= 15 is 0 Å². The van der Waals surface area contributed by atoms with E-state index in [0.717, 1.165) is 33.0 Å². The van der Waals surface area contributed by atoms with Gasteiger partial charge in [0.2, 0.25) is 0 Å². The van der Waals surface area contributed by atoms with Gasteiger partial charge in [-0.05, 0) is 44.9 Å². The number of H-pyrrole nitrogens is 1. The number of allylic oxidation sites excluding steroid dienone is 1. The van der Waals surface area contributed by atoms with Gasteiger partial charge in [-0.15, -0.1) is 28.2 Å². The summed E-state index contributed by atoms with van der Waals surface area (Å²) in [6.07, 6.45) is 0.728. The Kier molecular flexibility index (Phi) is 15.5. The smallest absolute Gasteiger partial charge is 0.356 e. The van der Waals surface area contributed by atoms with Crippen LogP contribution >= 0.6 is 34.9 Å². The minimum absolute atomic E-state index is 0.0566. The molecule has 1 saturated heterocycles. The average molecular weight is 1030 g/mol. The summed E-state index contributed by atoms with van der Waals surface area (Å²) in [5.41, 5.74) is 1.79. The summed E-state index contributed by atoms with van der Waals surface area (Å²) in [6, 6.07) is 47.2. The maximum Gasteiger partial charge on any atom is 0.356 e. The number of esters is 1. The summed E-state index contributed by atoms with van der Waals surface area (Å²) in [5.74, 6) is -1.96. The number of nitrogens with zero attached hydrogens (tertiary/aromatic N) is 5. The number of carbonyl (C=O) groups excluding carboxylic acids is 4. The number of ether oxygens (including phenoxy) is 2. The lowest BCUT2D eigenvalue weighted by atomic mass is 9.77. The van der Waals surface area contributed by atoms with Gasteiger partial charge in [-0.25, -0.2) is 14.9 Å². The van der Waals surface area contributed by atoms with Crippen LogP contribution in [-0.4, -0.2) is 85.5 Å². The molecule has 1 fully saturated rings. The topological polar surface area (TPSA) is 216 Å². The van der Waals surface area contributed by atoms with Gasteiger partial charge in [0.25, 0.3) is 18.3 Å². The Hall–Kier alpha value is -8.33. The van der Waals surface area contributed by atoms with Crippen LogP contribution in [0.5, 0.6) is 0 Å². The van der Waals surface area contributed by atoms with Gasteiger partial charge in [0.15, 0.2) is 22.1 Å². The Morgan fingerprint density at radius 3 is 2.00 bits per heavy atom. The van der Waals surface area contributed by atoms with E-state index in [1.54, 1.807) is 16.9 Å². The minimum atomic E-state index is -1.10. The van der Waals surface area contributed by atoms with E-state index in [4.69, 9.17) is 19.3 Å². The van der Waals surface area contributed by atoms with E-state index in [2.05, 4.69) is 26.0 Å². The molecule has 0 bridgehead atoms. The van der Waals surface area contributed by atoms with Crippen LogP contribution in [0.3, 0.4) is 0 Å². The highest BCUT2D eigenvalue weighted by Gasteiger charge is 2.55. The predicted molar refractivity (Wildman–Crippen MR) is 277 cm³/mol. The number of aromatic nitrogens is 4. The molecule has 7 aromatic rings. The molecule has 17 nitrogen and oxygen atoms in total. The average Bonchev–Trinajstić information content (AvgIpc) is 3.90. The number of anilines is 1. The molecule has 2 amide bonds. The normalized spacial score (nSPS) is 15.6. The molecule has 9 rings (SSSR count). The highest BCUT2D eigenvalue weighted by Crippen LogP contribution is 2.43. The number of oxime groups is 1. The highest BCUT2D eigenvalue weighted by molar-refractivity contribution is 8.02. The van der Waals surface area contributed by atoms with Crippen molar-refractivity contribution in [2.24, 2.45) is 5.16 Å². The second-order valence-electron chi connectivity index (χ2n) is 16.2. The van der Waals surface area contributed by atoms with Gasteiger partial charge in [0.05, 0.1) is 6.54 Å². The Bertz CT molecular complexity index is 3180. The molecule has 4 heterocycles. The number of thioether (sulfide) groups is 2. The monoisotopic (exact) mass is 1030 g/mol. The first-order valence-corrected chi connectivity index (χ1v) is 25.4. The summed E-state index contributed by atoms with van der Waals surface area (Å²) in [6.45, 7) is -0.112. The number of β-lactam (4-membered cyclic amide) rings is 1. The lowest BCUT2D eigenvalue weighted by molar-refractivity contribution is -0.154. The van der Waals surface area contributed by atoms with Gasteiger partial charge >= 0.3 is 17.1 Å². The Morgan fingerprint density at radius 1 is 0.863 bits per heavy atom. The molecular weight excluding hydrogens is 989 g/mol. The van der Waals surface area contributed by atoms with Crippen LogP contribution in [0.2, 0.25) is 0 Å². The van der Waals surface area contributed by atoms with Crippen molar-refractivity contribution in [2.45, 2.75) is 34.8 Å². The van der Waals surface area contributed by atoms with Crippen LogP contribution in [-0.2, 0) is 45.6 Å². The highest BCUT2D eigenvalue weighted by atomic mass is 32.2. The molecule has 0 radical (unpaired) electrons.